The number of hydrogen-bond acceptors (Lipinski definition) is 3. The summed E-state index contributed by atoms with van der Waals surface area (Å²) >= 11 is 0. The maximum atomic E-state index is 10.9. The topological polar surface area (TPSA) is 38.3 Å². The van der Waals surface area contributed by atoms with Crippen molar-refractivity contribution in [2.24, 2.45) is 0 Å². The second kappa shape index (κ2) is 5.39. The molecule has 1 N–H and O–H groups in total. The minimum atomic E-state index is 0.163. The van der Waals surface area contributed by atoms with Gasteiger partial charge in [-0.15, -0.1) is 0 Å². The molecular weight excluding hydrogens is 190 g/mol. The van der Waals surface area contributed by atoms with Crippen LogP contribution in [-0.4, -0.2) is 18.9 Å². The molecule has 0 bridgehead atoms. The lowest BCUT2D eigenvalue weighted by molar-refractivity contribution is -0.117. The zero-order valence-corrected chi connectivity index (χ0v) is 9.41. The molecule has 0 saturated carbocycles. The highest BCUT2D eigenvalue weighted by Gasteiger charge is 2.04. The minimum absolute atomic E-state index is 0.163. The second-order valence-electron chi connectivity index (χ2n) is 3.68. The molecule has 1 atom stereocenters. The largest absolute Gasteiger partial charge is 0.497 e. The first-order valence-electron chi connectivity index (χ1n) is 5.02. The number of carbonyl (C=O) groups is 1. The van der Waals surface area contributed by atoms with Gasteiger partial charge in [0, 0.05) is 18.2 Å². The number of methoxy groups -OCH3 is 1. The summed E-state index contributed by atoms with van der Waals surface area (Å²) in [6, 6.07) is 7.83. The number of anilines is 1. The lowest BCUT2D eigenvalue weighted by Crippen LogP contribution is -2.18. The van der Waals surface area contributed by atoms with Crippen LogP contribution in [0, 0.1) is 0 Å². The number of ketones is 1. The van der Waals surface area contributed by atoms with Crippen LogP contribution in [-0.2, 0) is 4.79 Å². The fourth-order valence-electron chi connectivity index (χ4n) is 1.45. The van der Waals surface area contributed by atoms with E-state index < -0.39 is 0 Å². The predicted molar refractivity (Wildman–Crippen MR) is 61.4 cm³/mol. The zero-order valence-electron chi connectivity index (χ0n) is 9.41. The van der Waals surface area contributed by atoms with Gasteiger partial charge in [0.15, 0.2) is 0 Å². The smallest absolute Gasteiger partial charge is 0.131 e. The van der Waals surface area contributed by atoms with Crippen molar-refractivity contribution in [1.29, 1.82) is 0 Å². The van der Waals surface area contributed by atoms with Gasteiger partial charge in [-0.25, -0.2) is 0 Å². The van der Waals surface area contributed by atoms with E-state index in [0.717, 1.165) is 11.4 Å². The number of ether oxygens (including phenoxy) is 1. The van der Waals surface area contributed by atoms with E-state index in [4.69, 9.17) is 4.74 Å². The average Bonchev–Trinajstić information content (AvgIpc) is 2.17. The number of nitrogens with one attached hydrogen (secondary N) is 1. The van der Waals surface area contributed by atoms with Gasteiger partial charge in [-0.05, 0) is 38.1 Å². The highest BCUT2D eigenvalue weighted by atomic mass is 16.5. The summed E-state index contributed by atoms with van der Waals surface area (Å²) in [5.74, 6) is 1.03. The monoisotopic (exact) mass is 207 g/mol. The van der Waals surface area contributed by atoms with Crippen molar-refractivity contribution in [2.75, 3.05) is 12.4 Å². The highest BCUT2D eigenvalue weighted by molar-refractivity contribution is 5.76. The van der Waals surface area contributed by atoms with Crippen LogP contribution in [0.25, 0.3) is 0 Å². The van der Waals surface area contributed by atoms with Crippen LogP contribution in [0.1, 0.15) is 20.3 Å². The van der Waals surface area contributed by atoms with Crippen molar-refractivity contribution >= 4 is 11.5 Å². The molecule has 0 fully saturated rings. The molecule has 1 aromatic rings. The van der Waals surface area contributed by atoms with E-state index in [0.29, 0.717) is 6.42 Å². The molecule has 0 saturated heterocycles. The summed E-state index contributed by atoms with van der Waals surface area (Å²) in [4.78, 5) is 10.9. The van der Waals surface area contributed by atoms with Crippen LogP contribution in [0.2, 0.25) is 0 Å². The number of carbonyl (C=O) groups excluding carboxylic acids is 1. The molecular formula is C12H17NO2. The van der Waals surface area contributed by atoms with E-state index in [9.17, 15) is 4.79 Å². The minimum Gasteiger partial charge on any atom is -0.497 e. The standard InChI is InChI=1S/C12H17NO2/c1-9(8-10(2)14)13-11-4-6-12(15-3)7-5-11/h4-7,9,13H,8H2,1-3H3. The van der Waals surface area contributed by atoms with Crippen LogP contribution in [0.3, 0.4) is 0 Å². The van der Waals surface area contributed by atoms with Gasteiger partial charge in [-0.1, -0.05) is 0 Å². The Bertz CT molecular complexity index is 319. The summed E-state index contributed by atoms with van der Waals surface area (Å²) in [5, 5.41) is 3.25. The molecule has 0 radical (unpaired) electrons. The summed E-state index contributed by atoms with van der Waals surface area (Å²) in [5.41, 5.74) is 1.00. The molecule has 1 aromatic carbocycles. The third-order valence-electron chi connectivity index (χ3n) is 2.10. The van der Waals surface area contributed by atoms with Crippen molar-refractivity contribution < 1.29 is 9.53 Å². The van der Waals surface area contributed by atoms with E-state index >= 15 is 0 Å². The Labute approximate surface area is 90.4 Å². The number of rotatable bonds is 5. The van der Waals surface area contributed by atoms with E-state index in [1.165, 1.54) is 0 Å². The van der Waals surface area contributed by atoms with E-state index in [-0.39, 0.29) is 11.8 Å². The predicted octanol–water partition coefficient (Wildman–Crippen LogP) is 2.47. The van der Waals surface area contributed by atoms with Crippen LogP contribution in [0.5, 0.6) is 5.75 Å². The molecule has 1 rings (SSSR count). The first kappa shape index (κ1) is 11.6. The zero-order chi connectivity index (χ0) is 11.3. The lowest BCUT2D eigenvalue weighted by Gasteiger charge is -2.13. The highest BCUT2D eigenvalue weighted by Crippen LogP contribution is 2.16. The van der Waals surface area contributed by atoms with Crippen molar-refractivity contribution in [3.63, 3.8) is 0 Å². The number of hydrogen-bond donors (Lipinski definition) is 1. The molecule has 82 valence electrons. The molecule has 0 heterocycles. The van der Waals surface area contributed by atoms with Gasteiger partial charge in [0.1, 0.15) is 11.5 Å². The van der Waals surface area contributed by atoms with Crippen LogP contribution < -0.4 is 10.1 Å². The van der Waals surface area contributed by atoms with Crippen molar-refractivity contribution in [2.45, 2.75) is 26.3 Å². The molecule has 15 heavy (non-hydrogen) atoms. The van der Waals surface area contributed by atoms with Gasteiger partial charge in [0.2, 0.25) is 0 Å². The third kappa shape index (κ3) is 4.02. The van der Waals surface area contributed by atoms with Crippen LogP contribution >= 0.6 is 0 Å². The second-order valence-corrected chi connectivity index (χ2v) is 3.68. The van der Waals surface area contributed by atoms with Gasteiger partial charge >= 0.3 is 0 Å². The molecule has 0 aliphatic rings. The Balaban J connectivity index is 2.53. The Kier molecular flexibility index (Phi) is 4.16. The molecule has 1 unspecified atom stereocenters. The SMILES string of the molecule is COc1ccc(NC(C)CC(C)=O)cc1. The molecule has 3 heteroatoms. The normalized spacial score (nSPS) is 11.9. The molecule has 0 aliphatic heterocycles. The average molecular weight is 207 g/mol. The third-order valence-corrected chi connectivity index (χ3v) is 2.10. The maximum absolute atomic E-state index is 10.9. The Morgan fingerprint density at radius 3 is 2.47 bits per heavy atom. The summed E-state index contributed by atoms with van der Waals surface area (Å²) < 4.78 is 5.06. The lowest BCUT2D eigenvalue weighted by atomic mass is 10.1. The number of Topliss-reactive ketones (excluding diaryl/α,β-unsaturated/α-hetero) is 1. The van der Waals surface area contributed by atoms with Gasteiger partial charge in [0.05, 0.1) is 7.11 Å². The Morgan fingerprint density at radius 1 is 1.40 bits per heavy atom. The van der Waals surface area contributed by atoms with Gasteiger partial charge in [-0.2, -0.15) is 0 Å². The van der Waals surface area contributed by atoms with E-state index in [1.807, 2.05) is 31.2 Å². The van der Waals surface area contributed by atoms with E-state index in [2.05, 4.69) is 5.32 Å². The molecule has 3 nitrogen and oxygen atoms in total. The van der Waals surface area contributed by atoms with Crippen LogP contribution in [0.15, 0.2) is 24.3 Å². The molecule has 0 aliphatic carbocycles. The van der Waals surface area contributed by atoms with Gasteiger partial charge < -0.3 is 10.1 Å². The summed E-state index contributed by atoms with van der Waals surface area (Å²) in [6.07, 6.45) is 0.548. The first-order chi connectivity index (χ1) is 7.11. The summed E-state index contributed by atoms with van der Waals surface area (Å²) in [6.45, 7) is 3.60. The molecule has 0 spiro atoms. The molecule has 0 amide bonds. The van der Waals surface area contributed by atoms with E-state index in [1.54, 1.807) is 14.0 Å². The number of benzene rings is 1. The fourth-order valence-corrected chi connectivity index (χ4v) is 1.45. The summed E-state index contributed by atoms with van der Waals surface area (Å²) in [7, 11) is 1.64. The first-order valence-corrected chi connectivity index (χ1v) is 5.02. The van der Waals surface area contributed by atoms with Gasteiger partial charge in [-0.3, -0.25) is 4.79 Å². The van der Waals surface area contributed by atoms with Crippen LogP contribution in [0.4, 0.5) is 5.69 Å². The van der Waals surface area contributed by atoms with Gasteiger partial charge in [0.25, 0.3) is 0 Å². The Morgan fingerprint density at radius 2 is 2.00 bits per heavy atom. The van der Waals surface area contributed by atoms with Crippen molar-refractivity contribution in [1.82, 2.24) is 0 Å². The quantitative estimate of drug-likeness (QED) is 0.806. The van der Waals surface area contributed by atoms with Crippen molar-refractivity contribution in [3.05, 3.63) is 24.3 Å². The van der Waals surface area contributed by atoms with Crippen molar-refractivity contribution in [3.8, 4) is 5.75 Å². The maximum Gasteiger partial charge on any atom is 0.131 e. The Hall–Kier alpha value is -1.51. The fraction of sp³-hybridized carbons (Fsp3) is 0.417. The molecule has 0 aromatic heterocycles.